The monoisotopic (exact) mass is 269 g/mol. The summed E-state index contributed by atoms with van der Waals surface area (Å²) in [6.45, 7) is 7.37. The maximum absolute atomic E-state index is 11.8. The van der Waals surface area contributed by atoms with Crippen LogP contribution in [-0.2, 0) is 6.61 Å². The molecular weight excluding hydrogens is 246 g/mol. The Morgan fingerprint density at radius 1 is 1.53 bits per heavy atom. The number of rotatable bonds is 8. The summed E-state index contributed by atoms with van der Waals surface area (Å²) in [6, 6.07) is 1.44. The van der Waals surface area contributed by atoms with Gasteiger partial charge in [0.2, 0.25) is 0 Å². The highest BCUT2D eigenvalue weighted by molar-refractivity contribution is 5.92. The molecule has 1 rings (SSSR count). The van der Waals surface area contributed by atoms with Crippen molar-refractivity contribution in [3.8, 4) is 0 Å². The van der Waals surface area contributed by atoms with E-state index in [0.29, 0.717) is 6.54 Å². The highest BCUT2D eigenvalue weighted by atomic mass is 16.5. The number of carbonyl (C=O) groups excluding carboxylic acids is 1. The molecule has 1 heterocycles. The van der Waals surface area contributed by atoms with Crippen LogP contribution >= 0.6 is 0 Å². The zero-order valence-corrected chi connectivity index (χ0v) is 11.8. The third-order valence-corrected chi connectivity index (χ3v) is 2.77. The van der Waals surface area contributed by atoms with E-state index in [2.05, 4.69) is 22.7 Å². The van der Waals surface area contributed by atoms with Crippen molar-refractivity contribution in [1.82, 2.24) is 15.8 Å². The van der Waals surface area contributed by atoms with Gasteiger partial charge in [0, 0.05) is 18.2 Å². The van der Waals surface area contributed by atoms with Crippen molar-refractivity contribution in [3.05, 3.63) is 17.5 Å². The molecule has 0 bridgehead atoms. The minimum absolute atomic E-state index is 0.172. The number of hydrogen-bond acceptors (Lipinski definition) is 5. The summed E-state index contributed by atoms with van der Waals surface area (Å²) in [6.07, 6.45) is 2.25. The van der Waals surface area contributed by atoms with E-state index >= 15 is 0 Å². The van der Waals surface area contributed by atoms with E-state index in [1.165, 1.54) is 6.07 Å². The van der Waals surface area contributed by atoms with Crippen molar-refractivity contribution < 1.29 is 14.4 Å². The van der Waals surface area contributed by atoms with E-state index in [9.17, 15) is 4.79 Å². The maximum Gasteiger partial charge on any atom is 0.273 e. The summed E-state index contributed by atoms with van der Waals surface area (Å²) in [7, 11) is 0. The molecule has 6 nitrogen and oxygen atoms in total. The van der Waals surface area contributed by atoms with Gasteiger partial charge in [-0.3, -0.25) is 4.79 Å². The third kappa shape index (κ3) is 5.40. The van der Waals surface area contributed by atoms with Crippen LogP contribution in [0.2, 0.25) is 0 Å². The summed E-state index contributed by atoms with van der Waals surface area (Å²) < 4.78 is 4.77. The van der Waals surface area contributed by atoms with E-state index in [0.717, 1.165) is 19.4 Å². The zero-order valence-electron chi connectivity index (χ0n) is 11.8. The number of unbranched alkanes of at least 4 members (excludes halogenated alkanes) is 1. The van der Waals surface area contributed by atoms with E-state index in [4.69, 9.17) is 9.63 Å². The molecule has 0 aliphatic heterocycles. The second-order valence-electron chi connectivity index (χ2n) is 5.18. The van der Waals surface area contributed by atoms with Gasteiger partial charge in [-0.05, 0) is 26.8 Å². The number of amides is 1. The summed E-state index contributed by atoms with van der Waals surface area (Å²) in [5.74, 6) is -0.0145. The topological polar surface area (TPSA) is 87.4 Å². The number of hydrogen-bond donors (Lipinski definition) is 3. The van der Waals surface area contributed by atoms with Crippen LogP contribution < -0.4 is 10.6 Å². The van der Waals surface area contributed by atoms with Crippen LogP contribution in [0.3, 0.4) is 0 Å². The molecule has 19 heavy (non-hydrogen) atoms. The van der Waals surface area contributed by atoms with Gasteiger partial charge in [0.1, 0.15) is 6.61 Å². The summed E-state index contributed by atoms with van der Waals surface area (Å²) in [5.41, 5.74) is 0.0161. The Kier molecular flexibility index (Phi) is 5.98. The van der Waals surface area contributed by atoms with Crippen molar-refractivity contribution in [1.29, 1.82) is 0 Å². The molecule has 0 saturated carbocycles. The van der Waals surface area contributed by atoms with Crippen molar-refractivity contribution in [2.75, 3.05) is 13.1 Å². The van der Waals surface area contributed by atoms with Gasteiger partial charge in [-0.2, -0.15) is 0 Å². The van der Waals surface area contributed by atoms with Crippen LogP contribution in [0, 0.1) is 0 Å². The Labute approximate surface area is 113 Å². The Bertz CT molecular complexity index is 402. The van der Waals surface area contributed by atoms with Crippen molar-refractivity contribution in [2.45, 2.75) is 45.8 Å². The van der Waals surface area contributed by atoms with Crippen molar-refractivity contribution >= 4 is 5.91 Å². The lowest BCUT2D eigenvalue weighted by atomic mass is 10.1. The largest absolute Gasteiger partial charge is 0.388 e. The second kappa shape index (κ2) is 7.25. The number of nitrogens with one attached hydrogen (secondary N) is 2. The SMILES string of the molecule is CCCCNC(C)(C)CNC(=O)c1cc(CO)on1. The molecular formula is C13H23N3O3. The van der Waals surface area contributed by atoms with Gasteiger partial charge in [0.25, 0.3) is 5.91 Å². The highest BCUT2D eigenvalue weighted by Gasteiger charge is 2.19. The maximum atomic E-state index is 11.8. The standard InChI is InChI=1S/C13H23N3O3/c1-4-5-6-15-13(2,3)9-14-12(18)11-7-10(8-17)19-16-11/h7,15,17H,4-6,8-9H2,1-3H3,(H,14,18). The summed E-state index contributed by atoms with van der Waals surface area (Å²) >= 11 is 0. The average molecular weight is 269 g/mol. The van der Waals surface area contributed by atoms with Crippen LogP contribution in [0.15, 0.2) is 10.6 Å². The minimum atomic E-state index is -0.297. The molecule has 1 aromatic heterocycles. The van der Waals surface area contributed by atoms with Crippen LogP contribution in [0.5, 0.6) is 0 Å². The molecule has 1 aromatic rings. The zero-order chi connectivity index (χ0) is 14.3. The first-order valence-corrected chi connectivity index (χ1v) is 6.58. The van der Waals surface area contributed by atoms with E-state index in [1.54, 1.807) is 0 Å². The molecule has 0 aliphatic carbocycles. The van der Waals surface area contributed by atoms with E-state index in [1.807, 2.05) is 13.8 Å². The number of carbonyl (C=O) groups is 1. The number of nitrogens with zero attached hydrogens (tertiary/aromatic N) is 1. The smallest absolute Gasteiger partial charge is 0.273 e. The second-order valence-corrected chi connectivity index (χ2v) is 5.18. The molecule has 0 unspecified atom stereocenters. The first kappa shape index (κ1) is 15.7. The van der Waals surface area contributed by atoms with Crippen LogP contribution in [0.1, 0.15) is 49.9 Å². The molecule has 0 aromatic carbocycles. The summed E-state index contributed by atoms with van der Waals surface area (Å²) in [4.78, 5) is 11.8. The fraction of sp³-hybridized carbons (Fsp3) is 0.692. The Balaban J connectivity index is 2.40. The van der Waals surface area contributed by atoms with Crippen molar-refractivity contribution in [2.24, 2.45) is 0 Å². The first-order chi connectivity index (χ1) is 8.98. The molecule has 3 N–H and O–H groups in total. The normalized spacial score (nSPS) is 11.6. The fourth-order valence-electron chi connectivity index (χ4n) is 1.55. The molecule has 0 fully saturated rings. The van der Waals surface area contributed by atoms with Crippen LogP contribution in [0.25, 0.3) is 0 Å². The van der Waals surface area contributed by atoms with Crippen LogP contribution in [-0.4, -0.2) is 34.8 Å². The van der Waals surface area contributed by atoms with Gasteiger partial charge in [-0.1, -0.05) is 18.5 Å². The molecule has 0 saturated heterocycles. The number of aliphatic hydroxyl groups is 1. The fourth-order valence-corrected chi connectivity index (χ4v) is 1.55. The molecule has 0 radical (unpaired) electrons. The molecule has 0 spiro atoms. The predicted octanol–water partition coefficient (Wildman–Crippen LogP) is 1.06. The molecule has 1 amide bonds. The lowest BCUT2D eigenvalue weighted by molar-refractivity contribution is 0.0933. The van der Waals surface area contributed by atoms with Gasteiger partial charge < -0.3 is 20.3 Å². The predicted molar refractivity (Wildman–Crippen MR) is 71.7 cm³/mol. The molecule has 108 valence electrons. The first-order valence-electron chi connectivity index (χ1n) is 6.58. The van der Waals surface area contributed by atoms with Gasteiger partial charge in [0.15, 0.2) is 11.5 Å². The Morgan fingerprint density at radius 3 is 2.84 bits per heavy atom. The highest BCUT2D eigenvalue weighted by Crippen LogP contribution is 2.05. The Morgan fingerprint density at radius 2 is 2.26 bits per heavy atom. The lowest BCUT2D eigenvalue weighted by Crippen LogP contribution is -2.49. The molecule has 0 aliphatic rings. The quantitative estimate of drug-likeness (QED) is 0.614. The Hall–Kier alpha value is -1.40. The van der Waals surface area contributed by atoms with E-state index < -0.39 is 0 Å². The third-order valence-electron chi connectivity index (χ3n) is 2.77. The van der Waals surface area contributed by atoms with Gasteiger partial charge in [0.05, 0.1) is 0 Å². The number of aliphatic hydroxyl groups excluding tert-OH is 1. The lowest BCUT2D eigenvalue weighted by Gasteiger charge is -2.26. The summed E-state index contributed by atoms with van der Waals surface area (Å²) in [5, 5.41) is 18.6. The van der Waals surface area contributed by atoms with Gasteiger partial charge in [-0.25, -0.2) is 0 Å². The van der Waals surface area contributed by atoms with E-state index in [-0.39, 0.29) is 29.5 Å². The van der Waals surface area contributed by atoms with Crippen LogP contribution in [0.4, 0.5) is 0 Å². The number of aromatic nitrogens is 1. The minimum Gasteiger partial charge on any atom is -0.388 e. The molecule has 6 heteroatoms. The van der Waals surface area contributed by atoms with Gasteiger partial charge in [-0.15, -0.1) is 0 Å². The van der Waals surface area contributed by atoms with Gasteiger partial charge >= 0.3 is 0 Å². The molecule has 0 atom stereocenters. The van der Waals surface area contributed by atoms with Crippen molar-refractivity contribution in [3.63, 3.8) is 0 Å². The average Bonchev–Trinajstić information content (AvgIpc) is 2.85.